The van der Waals surface area contributed by atoms with Crippen molar-refractivity contribution >= 4 is 5.82 Å². The van der Waals surface area contributed by atoms with Gasteiger partial charge in [-0.05, 0) is 25.3 Å². The van der Waals surface area contributed by atoms with Gasteiger partial charge < -0.3 is 10.3 Å². The number of benzene rings is 1. The van der Waals surface area contributed by atoms with Crippen LogP contribution in [0.15, 0.2) is 28.8 Å². The first-order valence-electron chi connectivity index (χ1n) is 6.49. The molecule has 0 bridgehead atoms. The molecular formula is C15H20N2O. The highest BCUT2D eigenvalue weighted by Gasteiger charge is 2.21. The Kier molecular flexibility index (Phi) is 3.70. The van der Waals surface area contributed by atoms with Gasteiger partial charge in [-0.3, -0.25) is 0 Å². The Morgan fingerprint density at radius 1 is 1.17 bits per heavy atom. The van der Waals surface area contributed by atoms with E-state index in [-0.39, 0.29) is 0 Å². The predicted octanol–water partition coefficient (Wildman–Crippen LogP) is 4.14. The number of hydrogen-bond acceptors (Lipinski definition) is 3. The molecule has 0 saturated carbocycles. The molecule has 0 aliphatic rings. The summed E-state index contributed by atoms with van der Waals surface area (Å²) >= 11 is 0. The van der Waals surface area contributed by atoms with Gasteiger partial charge in [0, 0.05) is 5.92 Å². The van der Waals surface area contributed by atoms with Crippen LogP contribution in [0.4, 0.5) is 5.82 Å². The average Bonchev–Trinajstić information content (AvgIpc) is 2.74. The molecule has 2 rings (SSSR count). The normalized spacial score (nSPS) is 11.1. The fraction of sp³-hybridized carbons (Fsp3) is 0.400. The van der Waals surface area contributed by atoms with E-state index in [4.69, 9.17) is 10.3 Å². The molecule has 0 unspecified atom stereocenters. The van der Waals surface area contributed by atoms with Crippen LogP contribution in [0.2, 0.25) is 0 Å². The molecule has 18 heavy (non-hydrogen) atoms. The monoisotopic (exact) mass is 244 g/mol. The van der Waals surface area contributed by atoms with Crippen LogP contribution in [-0.4, -0.2) is 5.16 Å². The van der Waals surface area contributed by atoms with E-state index in [0.717, 1.165) is 29.7 Å². The second-order valence-electron chi connectivity index (χ2n) is 4.69. The number of nitrogen functional groups attached to an aromatic ring is 1. The minimum atomic E-state index is 0.381. The van der Waals surface area contributed by atoms with E-state index in [9.17, 15) is 0 Å². The zero-order valence-electron chi connectivity index (χ0n) is 11.2. The third-order valence-electron chi connectivity index (χ3n) is 3.44. The molecule has 0 radical (unpaired) electrons. The standard InChI is InChI=1S/C15H20N2O/c1-4-11(5-2)14-13(15(16)17-18-14)12-8-6-10(3)7-9-12/h6-9,11H,4-5H2,1-3H3,(H2,16,17). The SMILES string of the molecule is CCC(CC)c1onc(N)c1-c1ccc(C)cc1. The highest BCUT2D eigenvalue weighted by molar-refractivity contribution is 5.76. The predicted molar refractivity (Wildman–Crippen MR) is 74.4 cm³/mol. The second-order valence-corrected chi connectivity index (χ2v) is 4.69. The summed E-state index contributed by atoms with van der Waals surface area (Å²) in [6.07, 6.45) is 2.06. The molecule has 3 heteroatoms. The fourth-order valence-corrected chi connectivity index (χ4v) is 2.26. The van der Waals surface area contributed by atoms with E-state index in [0.29, 0.717) is 11.7 Å². The van der Waals surface area contributed by atoms with Crippen LogP contribution in [-0.2, 0) is 0 Å². The topological polar surface area (TPSA) is 52.0 Å². The van der Waals surface area contributed by atoms with Crippen molar-refractivity contribution in [1.82, 2.24) is 5.16 Å². The van der Waals surface area contributed by atoms with Crippen molar-refractivity contribution in [3.05, 3.63) is 35.6 Å². The largest absolute Gasteiger partial charge is 0.380 e. The van der Waals surface area contributed by atoms with Crippen molar-refractivity contribution in [3.63, 3.8) is 0 Å². The van der Waals surface area contributed by atoms with Crippen LogP contribution in [0.5, 0.6) is 0 Å². The summed E-state index contributed by atoms with van der Waals surface area (Å²) in [4.78, 5) is 0. The molecule has 0 saturated heterocycles. The Bertz CT molecular complexity index is 510. The Balaban J connectivity index is 2.49. The minimum Gasteiger partial charge on any atom is -0.380 e. The lowest BCUT2D eigenvalue weighted by atomic mass is 9.93. The summed E-state index contributed by atoms with van der Waals surface area (Å²) in [5.74, 6) is 1.79. The van der Waals surface area contributed by atoms with Gasteiger partial charge in [0.2, 0.25) is 0 Å². The molecular weight excluding hydrogens is 224 g/mol. The first kappa shape index (κ1) is 12.7. The summed E-state index contributed by atoms with van der Waals surface area (Å²) in [6.45, 7) is 6.39. The molecule has 0 aliphatic heterocycles. The van der Waals surface area contributed by atoms with Gasteiger partial charge in [0.05, 0.1) is 5.56 Å². The lowest BCUT2D eigenvalue weighted by molar-refractivity contribution is 0.356. The highest BCUT2D eigenvalue weighted by Crippen LogP contribution is 2.36. The number of aromatic nitrogens is 1. The number of aryl methyl sites for hydroxylation is 1. The third kappa shape index (κ3) is 2.26. The molecule has 1 aromatic carbocycles. The third-order valence-corrected chi connectivity index (χ3v) is 3.44. The maximum Gasteiger partial charge on any atom is 0.175 e. The Labute approximate surface area is 108 Å². The van der Waals surface area contributed by atoms with E-state index in [2.05, 4.69) is 50.2 Å². The lowest BCUT2D eigenvalue weighted by Gasteiger charge is -2.10. The summed E-state index contributed by atoms with van der Waals surface area (Å²) in [7, 11) is 0. The van der Waals surface area contributed by atoms with Crippen molar-refractivity contribution in [2.45, 2.75) is 39.5 Å². The van der Waals surface area contributed by atoms with E-state index in [1.807, 2.05) is 0 Å². The quantitative estimate of drug-likeness (QED) is 0.879. The number of hydrogen-bond donors (Lipinski definition) is 1. The molecule has 0 spiro atoms. The molecule has 1 heterocycles. The van der Waals surface area contributed by atoms with Crippen LogP contribution in [0.3, 0.4) is 0 Å². The Morgan fingerprint density at radius 2 is 1.78 bits per heavy atom. The number of rotatable bonds is 4. The molecule has 0 atom stereocenters. The van der Waals surface area contributed by atoms with E-state index < -0.39 is 0 Å². The van der Waals surface area contributed by atoms with Crippen molar-refractivity contribution < 1.29 is 4.52 Å². The summed E-state index contributed by atoms with van der Waals surface area (Å²) in [5.41, 5.74) is 9.23. The molecule has 0 fully saturated rings. The van der Waals surface area contributed by atoms with Crippen molar-refractivity contribution in [3.8, 4) is 11.1 Å². The minimum absolute atomic E-state index is 0.381. The molecule has 96 valence electrons. The van der Waals surface area contributed by atoms with Gasteiger partial charge in [0.1, 0.15) is 5.76 Å². The molecule has 2 aromatic rings. The van der Waals surface area contributed by atoms with Crippen LogP contribution in [0.1, 0.15) is 43.9 Å². The summed E-state index contributed by atoms with van der Waals surface area (Å²) in [6, 6.07) is 8.31. The molecule has 1 aromatic heterocycles. The van der Waals surface area contributed by atoms with Crippen molar-refractivity contribution in [2.75, 3.05) is 5.73 Å². The fourth-order valence-electron chi connectivity index (χ4n) is 2.26. The maximum absolute atomic E-state index is 5.95. The van der Waals surface area contributed by atoms with Gasteiger partial charge in [-0.2, -0.15) is 0 Å². The zero-order chi connectivity index (χ0) is 13.1. The molecule has 0 aliphatic carbocycles. The lowest BCUT2D eigenvalue weighted by Crippen LogP contribution is -1.97. The van der Waals surface area contributed by atoms with E-state index >= 15 is 0 Å². The van der Waals surface area contributed by atoms with Crippen molar-refractivity contribution in [2.24, 2.45) is 0 Å². The van der Waals surface area contributed by atoms with Gasteiger partial charge >= 0.3 is 0 Å². The van der Waals surface area contributed by atoms with E-state index in [1.165, 1.54) is 5.56 Å². The first-order valence-corrected chi connectivity index (χ1v) is 6.49. The Hall–Kier alpha value is -1.77. The zero-order valence-corrected chi connectivity index (χ0v) is 11.2. The van der Waals surface area contributed by atoms with Gasteiger partial charge in [0.15, 0.2) is 5.82 Å². The maximum atomic E-state index is 5.95. The highest BCUT2D eigenvalue weighted by atomic mass is 16.5. The summed E-state index contributed by atoms with van der Waals surface area (Å²) in [5, 5.41) is 3.93. The smallest absolute Gasteiger partial charge is 0.175 e. The number of nitrogens with two attached hydrogens (primary N) is 1. The van der Waals surface area contributed by atoms with Crippen LogP contribution >= 0.6 is 0 Å². The second kappa shape index (κ2) is 5.25. The first-order chi connectivity index (χ1) is 8.67. The van der Waals surface area contributed by atoms with Gasteiger partial charge in [0.25, 0.3) is 0 Å². The molecule has 3 nitrogen and oxygen atoms in total. The van der Waals surface area contributed by atoms with Crippen LogP contribution in [0, 0.1) is 6.92 Å². The van der Waals surface area contributed by atoms with Gasteiger partial charge in [-0.15, -0.1) is 0 Å². The van der Waals surface area contributed by atoms with Crippen molar-refractivity contribution in [1.29, 1.82) is 0 Å². The van der Waals surface area contributed by atoms with Gasteiger partial charge in [-0.1, -0.05) is 48.8 Å². The number of nitrogens with zero attached hydrogens (tertiary/aromatic N) is 1. The van der Waals surface area contributed by atoms with E-state index in [1.54, 1.807) is 0 Å². The summed E-state index contributed by atoms with van der Waals surface area (Å²) < 4.78 is 5.45. The van der Waals surface area contributed by atoms with Crippen LogP contribution < -0.4 is 5.73 Å². The molecule has 0 amide bonds. The Morgan fingerprint density at radius 3 is 2.33 bits per heavy atom. The van der Waals surface area contributed by atoms with Gasteiger partial charge in [-0.25, -0.2) is 0 Å². The molecule has 2 N–H and O–H groups in total. The van der Waals surface area contributed by atoms with Crippen LogP contribution in [0.25, 0.3) is 11.1 Å². The average molecular weight is 244 g/mol. The number of anilines is 1.